The Kier molecular flexibility index (Phi) is 5.94. The second kappa shape index (κ2) is 7.83. The number of amides is 1. The van der Waals surface area contributed by atoms with Crippen LogP contribution in [0.5, 0.6) is 0 Å². The number of alkyl halides is 3. The van der Waals surface area contributed by atoms with Crippen molar-refractivity contribution in [3.05, 3.63) is 58.7 Å². The molecule has 1 heterocycles. The molecule has 0 aliphatic rings. The third-order valence-electron chi connectivity index (χ3n) is 3.55. The van der Waals surface area contributed by atoms with Crippen molar-refractivity contribution in [2.45, 2.75) is 18.8 Å². The van der Waals surface area contributed by atoms with Gasteiger partial charge in [-0.3, -0.25) is 4.79 Å². The van der Waals surface area contributed by atoms with E-state index in [1.807, 2.05) is 5.32 Å². The number of pyridine rings is 1. The lowest BCUT2D eigenvalue weighted by Crippen LogP contribution is -2.69. The number of benzene rings is 1. The molecule has 2 N–H and O–H groups in total. The molecule has 0 aliphatic carbocycles. The van der Waals surface area contributed by atoms with Crippen molar-refractivity contribution >= 4 is 29.3 Å². The van der Waals surface area contributed by atoms with Gasteiger partial charge in [-0.2, -0.15) is 13.2 Å². The number of carbonyl (C=O) groups excluding carboxylic acids is 2. The summed E-state index contributed by atoms with van der Waals surface area (Å²) >= 11 is 5.71. The van der Waals surface area contributed by atoms with Crippen LogP contribution >= 0.6 is 11.6 Å². The van der Waals surface area contributed by atoms with Crippen molar-refractivity contribution in [2.75, 3.05) is 12.4 Å². The van der Waals surface area contributed by atoms with E-state index in [4.69, 9.17) is 11.6 Å². The summed E-state index contributed by atoms with van der Waals surface area (Å²) in [5, 5.41) is 3.94. The summed E-state index contributed by atoms with van der Waals surface area (Å²) in [6, 6.07) is 7.85. The lowest BCUT2D eigenvalue weighted by atomic mass is 10.1. The van der Waals surface area contributed by atoms with E-state index >= 15 is 0 Å². The molecule has 1 atom stereocenters. The Hall–Kier alpha value is -2.81. The molecule has 0 saturated heterocycles. The van der Waals surface area contributed by atoms with E-state index in [-0.39, 0.29) is 11.4 Å². The molecule has 6 nitrogen and oxygen atoms in total. The molecule has 0 fully saturated rings. The minimum atomic E-state index is -5.24. The molecule has 1 aromatic carbocycles. The van der Waals surface area contributed by atoms with Gasteiger partial charge in [0.05, 0.1) is 7.11 Å². The first-order chi connectivity index (χ1) is 12.6. The standard InChI is InChI=1S/C17H15ClF3N3O3/c1-10-3-8-13(22-9-10)23-16(15(26)27-2,17(19,20)21)24-14(25)11-4-6-12(18)7-5-11/h3-9H,1-2H3,(H,22,23)(H,24,25). The summed E-state index contributed by atoms with van der Waals surface area (Å²) in [5.41, 5.74) is -2.97. The van der Waals surface area contributed by atoms with Gasteiger partial charge in [-0.25, -0.2) is 9.78 Å². The minimum absolute atomic E-state index is 0.129. The highest BCUT2D eigenvalue weighted by Gasteiger charge is 2.63. The Morgan fingerprint density at radius 3 is 2.22 bits per heavy atom. The molecule has 0 spiro atoms. The van der Waals surface area contributed by atoms with Gasteiger partial charge in [-0.1, -0.05) is 17.7 Å². The molecule has 1 aromatic heterocycles. The third-order valence-corrected chi connectivity index (χ3v) is 3.80. The monoisotopic (exact) mass is 401 g/mol. The molecule has 0 aliphatic heterocycles. The fourth-order valence-corrected chi connectivity index (χ4v) is 2.25. The molecule has 1 unspecified atom stereocenters. The number of nitrogens with one attached hydrogen (secondary N) is 2. The molecule has 27 heavy (non-hydrogen) atoms. The predicted octanol–water partition coefficient (Wildman–Crippen LogP) is 3.32. The second-order valence-corrected chi connectivity index (χ2v) is 5.98. The minimum Gasteiger partial charge on any atom is -0.466 e. The molecule has 0 radical (unpaired) electrons. The molecule has 2 aromatic rings. The average Bonchev–Trinajstić information content (AvgIpc) is 2.61. The summed E-state index contributed by atoms with van der Waals surface area (Å²) in [5.74, 6) is -3.19. The summed E-state index contributed by atoms with van der Waals surface area (Å²) in [7, 11) is 0.779. The molecular weight excluding hydrogens is 387 g/mol. The second-order valence-electron chi connectivity index (χ2n) is 5.55. The van der Waals surface area contributed by atoms with Crippen LogP contribution in [-0.4, -0.2) is 35.8 Å². The highest BCUT2D eigenvalue weighted by molar-refractivity contribution is 6.30. The summed E-state index contributed by atoms with van der Waals surface area (Å²) < 4.78 is 46.0. The smallest absolute Gasteiger partial charge is 0.441 e. The zero-order chi connectivity index (χ0) is 20.2. The fraction of sp³-hybridized carbons (Fsp3) is 0.235. The lowest BCUT2D eigenvalue weighted by molar-refractivity contribution is -0.203. The molecule has 0 saturated carbocycles. The van der Waals surface area contributed by atoms with E-state index in [0.29, 0.717) is 10.6 Å². The van der Waals surface area contributed by atoms with Crippen LogP contribution in [-0.2, 0) is 9.53 Å². The first-order valence-corrected chi connectivity index (χ1v) is 7.91. The van der Waals surface area contributed by atoms with Gasteiger partial charge in [0.15, 0.2) is 0 Å². The van der Waals surface area contributed by atoms with Crippen molar-refractivity contribution in [1.29, 1.82) is 0 Å². The predicted molar refractivity (Wildman–Crippen MR) is 92.3 cm³/mol. The number of ether oxygens (including phenoxy) is 1. The Bertz CT molecular complexity index is 826. The largest absolute Gasteiger partial charge is 0.466 e. The van der Waals surface area contributed by atoms with Gasteiger partial charge >= 0.3 is 17.8 Å². The quantitative estimate of drug-likeness (QED) is 0.593. The van der Waals surface area contributed by atoms with Crippen molar-refractivity contribution < 1.29 is 27.5 Å². The Labute approximate surface area is 157 Å². The van der Waals surface area contributed by atoms with E-state index in [1.54, 1.807) is 12.2 Å². The van der Waals surface area contributed by atoms with Crippen LogP contribution in [0.25, 0.3) is 0 Å². The third kappa shape index (κ3) is 4.48. The van der Waals surface area contributed by atoms with Crippen LogP contribution in [0, 0.1) is 6.92 Å². The molecule has 144 valence electrons. The number of hydrogen-bond donors (Lipinski definition) is 2. The van der Waals surface area contributed by atoms with Gasteiger partial charge in [0, 0.05) is 16.8 Å². The van der Waals surface area contributed by atoms with E-state index in [0.717, 1.165) is 7.11 Å². The van der Waals surface area contributed by atoms with Gasteiger partial charge in [0.25, 0.3) is 5.91 Å². The van der Waals surface area contributed by atoms with Crippen LogP contribution in [0.4, 0.5) is 19.0 Å². The number of methoxy groups -OCH3 is 1. The number of hydrogen-bond acceptors (Lipinski definition) is 5. The number of anilines is 1. The van der Waals surface area contributed by atoms with Gasteiger partial charge in [0.2, 0.25) is 0 Å². The maximum absolute atomic E-state index is 13.9. The van der Waals surface area contributed by atoms with Gasteiger partial charge in [-0.05, 0) is 42.8 Å². The number of carbonyl (C=O) groups is 2. The molecule has 1 amide bonds. The summed E-state index contributed by atoms with van der Waals surface area (Å²) in [6.07, 6.45) is -3.93. The lowest BCUT2D eigenvalue weighted by Gasteiger charge is -2.34. The number of rotatable bonds is 5. The Morgan fingerprint density at radius 2 is 1.74 bits per heavy atom. The molecule has 2 rings (SSSR count). The van der Waals surface area contributed by atoms with Crippen molar-refractivity contribution in [3.63, 3.8) is 0 Å². The zero-order valence-electron chi connectivity index (χ0n) is 14.2. The maximum Gasteiger partial charge on any atom is 0.441 e. The first-order valence-electron chi connectivity index (χ1n) is 7.53. The van der Waals surface area contributed by atoms with Crippen molar-refractivity contribution in [3.8, 4) is 0 Å². The highest BCUT2D eigenvalue weighted by Crippen LogP contribution is 2.33. The summed E-state index contributed by atoms with van der Waals surface area (Å²) in [6.45, 7) is 1.69. The van der Waals surface area contributed by atoms with Gasteiger partial charge in [0.1, 0.15) is 5.82 Å². The summed E-state index contributed by atoms with van der Waals surface area (Å²) in [4.78, 5) is 28.3. The van der Waals surface area contributed by atoms with Gasteiger partial charge < -0.3 is 15.4 Å². The highest BCUT2D eigenvalue weighted by atomic mass is 35.5. The van der Waals surface area contributed by atoms with Crippen LogP contribution < -0.4 is 10.6 Å². The molecule has 10 heteroatoms. The molecule has 0 bridgehead atoms. The van der Waals surface area contributed by atoms with E-state index in [1.165, 1.54) is 42.6 Å². The van der Waals surface area contributed by atoms with E-state index in [9.17, 15) is 22.8 Å². The average molecular weight is 402 g/mol. The fourth-order valence-electron chi connectivity index (χ4n) is 2.12. The number of aromatic nitrogens is 1. The van der Waals surface area contributed by atoms with Crippen LogP contribution in [0.2, 0.25) is 5.02 Å². The van der Waals surface area contributed by atoms with Crippen LogP contribution in [0.1, 0.15) is 15.9 Å². The van der Waals surface area contributed by atoms with Crippen LogP contribution in [0.15, 0.2) is 42.6 Å². The Balaban J connectivity index is 2.46. The number of nitrogens with zero attached hydrogens (tertiary/aromatic N) is 1. The molecular formula is C17H15ClF3N3O3. The van der Waals surface area contributed by atoms with Crippen molar-refractivity contribution in [2.24, 2.45) is 0 Å². The first kappa shape index (κ1) is 20.5. The zero-order valence-corrected chi connectivity index (χ0v) is 15.0. The Morgan fingerprint density at radius 1 is 1.11 bits per heavy atom. The number of esters is 1. The SMILES string of the molecule is COC(=O)C(NC(=O)c1ccc(Cl)cc1)(Nc1ccc(C)cn1)C(F)(F)F. The maximum atomic E-state index is 13.9. The van der Waals surface area contributed by atoms with Crippen LogP contribution in [0.3, 0.4) is 0 Å². The number of aryl methyl sites for hydroxylation is 1. The van der Waals surface area contributed by atoms with E-state index < -0.39 is 23.7 Å². The number of halogens is 4. The topological polar surface area (TPSA) is 80.3 Å². The normalized spacial score (nSPS) is 13.4. The van der Waals surface area contributed by atoms with Crippen molar-refractivity contribution in [1.82, 2.24) is 10.3 Å². The van der Waals surface area contributed by atoms with E-state index in [2.05, 4.69) is 9.72 Å². The van der Waals surface area contributed by atoms with Gasteiger partial charge in [-0.15, -0.1) is 0 Å².